The van der Waals surface area contributed by atoms with Crippen LogP contribution in [-0.2, 0) is 6.61 Å². The van der Waals surface area contributed by atoms with E-state index in [2.05, 4.69) is 21.1 Å². The highest BCUT2D eigenvalue weighted by molar-refractivity contribution is 9.10. The second-order valence-electron chi connectivity index (χ2n) is 4.66. The summed E-state index contributed by atoms with van der Waals surface area (Å²) in [6.07, 6.45) is 0. The van der Waals surface area contributed by atoms with Gasteiger partial charge in [0.25, 0.3) is 0 Å². The largest absolute Gasteiger partial charge is 0.391 e. The van der Waals surface area contributed by atoms with Gasteiger partial charge in [-0.3, -0.25) is 0 Å². The number of aliphatic hydroxyl groups excluding tert-OH is 1. The van der Waals surface area contributed by atoms with E-state index in [0.717, 1.165) is 22.7 Å². The van der Waals surface area contributed by atoms with Gasteiger partial charge < -0.3 is 9.63 Å². The van der Waals surface area contributed by atoms with Crippen molar-refractivity contribution in [3.05, 3.63) is 64.1 Å². The van der Waals surface area contributed by atoms with E-state index < -0.39 is 11.6 Å². The number of aromatic nitrogens is 1. The lowest BCUT2D eigenvalue weighted by molar-refractivity contribution is 0.281. The maximum absolute atomic E-state index is 13.4. The van der Waals surface area contributed by atoms with Crippen LogP contribution in [0.3, 0.4) is 0 Å². The lowest BCUT2D eigenvalue weighted by Crippen LogP contribution is -1.91. The third-order valence-corrected chi connectivity index (χ3v) is 3.72. The second kappa shape index (κ2) is 5.98. The first-order valence-electron chi connectivity index (χ1n) is 6.40. The van der Waals surface area contributed by atoms with Crippen molar-refractivity contribution >= 4 is 15.9 Å². The van der Waals surface area contributed by atoms with Crippen molar-refractivity contribution < 1.29 is 18.4 Å². The van der Waals surface area contributed by atoms with E-state index in [1.54, 1.807) is 12.1 Å². The van der Waals surface area contributed by atoms with E-state index in [9.17, 15) is 13.9 Å². The van der Waals surface area contributed by atoms with Gasteiger partial charge in [0.2, 0.25) is 0 Å². The highest BCUT2D eigenvalue weighted by atomic mass is 79.9. The summed E-state index contributed by atoms with van der Waals surface area (Å²) in [5.41, 5.74) is 1.53. The first-order valence-corrected chi connectivity index (χ1v) is 7.19. The van der Waals surface area contributed by atoms with Crippen LogP contribution in [0.15, 0.2) is 51.5 Å². The number of hydrogen-bond donors (Lipinski definition) is 1. The third-order valence-electron chi connectivity index (χ3n) is 3.19. The molecule has 0 aliphatic rings. The quantitative estimate of drug-likeness (QED) is 0.740. The molecular weight excluding hydrogens is 356 g/mol. The zero-order valence-electron chi connectivity index (χ0n) is 11.2. The first-order chi connectivity index (χ1) is 10.6. The number of benzene rings is 2. The van der Waals surface area contributed by atoms with Crippen LogP contribution in [0.4, 0.5) is 8.78 Å². The van der Waals surface area contributed by atoms with E-state index in [4.69, 9.17) is 4.52 Å². The lowest BCUT2D eigenvalue weighted by Gasteiger charge is -2.02. The molecule has 2 aromatic carbocycles. The molecule has 22 heavy (non-hydrogen) atoms. The zero-order valence-corrected chi connectivity index (χ0v) is 12.8. The van der Waals surface area contributed by atoms with Gasteiger partial charge in [-0.15, -0.1) is 0 Å². The molecule has 1 aromatic heterocycles. The summed E-state index contributed by atoms with van der Waals surface area (Å²) in [6.45, 7) is -0.359. The van der Waals surface area contributed by atoms with Crippen molar-refractivity contribution in [1.82, 2.24) is 5.16 Å². The van der Waals surface area contributed by atoms with E-state index in [0.29, 0.717) is 16.9 Å². The SMILES string of the molecule is OCc1c(-c2cc(F)cc(F)c2)noc1-c1ccc(Br)cc1. The Morgan fingerprint density at radius 2 is 1.64 bits per heavy atom. The van der Waals surface area contributed by atoms with Crippen LogP contribution in [0.2, 0.25) is 0 Å². The van der Waals surface area contributed by atoms with E-state index in [-0.39, 0.29) is 17.9 Å². The zero-order chi connectivity index (χ0) is 15.7. The van der Waals surface area contributed by atoms with Gasteiger partial charge in [0.1, 0.15) is 17.3 Å². The van der Waals surface area contributed by atoms with Crippen LogP contribution in [0.1, 0.15) is 5.56 Å². The van der Waals surface area contributed by atoms with Crippen LogP contribution in [0.5, 0.6) is 0 Å². The average Bonchev–Trinajstić information content (AvgIpc) is 2.91. The molecule has 0 saturated carbocycles. The van der Waals surface area contributed by atoms with Gasteiger partial charge in [-0.1, -0.05) is 33.2 Å². The number of halogens is 3. The Kier molecular flexibility index (Phi) is 4.04. The average molecular weight is 366 g/mol. The standard InChI is InChI=1S/C16H10BrF2NO2/c17-11-3-1-9(2-4-11)16-14(8-21)15(20-22-16)10-5-12(18)7-13(19)6-10/h1-7,21H,8H2. The Morgan fingerprint density at radius 3 is 2.23 bits per heavy atom. The predicted molar refractivity (Wildman–Crippen MR) is 80.9 cm³/mol. The van der Waals surface area contributed by atoms with Gasteiger partial charge in [0.15, 0.2) is 5.76 Å². The van der Waals surface area contributed by atoms with Gasteiger partial charge >= 0.3 is 0 Å². The number of nitrogens with zero attached hydrogens (tertiary/aromatic N) is 1. The molecule has 0 saturated heterocycles. The second-order valence-corrected chi connectivity index (χ2v) is 5.58. The predicted octanol–water partition coefficient (Wildman–Crippen LogP) is 4.54. The summed E-state index contributed by atoms with van der Waals surface area (Å²) >= 11 is 3.33. The molecule has 0 aliphatic carbocycles. The van der Waals surface area contributed by atoms with E-state index in [1.807, 2.05) is 12.1 Å². The van der Waals surface area contributed by atoms with Gasteiger partial charge in [0.05, 0.1) is 12.2 Å². The monoisotopic (exact) mass is 365 g/mol. The number of rotatable bonds is 3. The molecule has 6 heteroatoms. The highest BCUT2D eigenvalue weighted by Gasteiger charge is 2.19. The smallest absolute Gasteiger partial charge is 0.173 e. The summed E-state index contributed by atoms with van der Waals surface area (Å²) in [6, 6.07) is 10.3. The molecule has 0 amide bonds. The van der Waals surface area contributed by atoms with Crippen LogP contribution < -0.4 is 0 Å². The molecular formula is C16H10BrF2NO2. The summed E-state index contributed by atoms with van der Waals surface area (Å²) in [7, 11) is 0. The third kappa shape index (κ3) is 2.80. The summed E-state index contributed by atoms with van der Waals surface area (Å²) in [4.78, 5) is 0. The molecule has 0 fully saturated rings. The van der Waals surface area contributed by atoms with Crippen molar-refractivity contribution in [3.8, 4) is 22.6 Å². The molecule has 3 nitrogen and oxygen atoms in total. The fourth-order valence-electron chi connectivity index (χ4n) is 2.20. The highest BCUT2D eigenvalue weighted by Crippen LogP contribution is 2.33. The molecule has 0 spiro atoms. The number of aliphatic hydroxyl groups is 1. The summed E-state index contributed by atoms with van der Waals surface area (Å²) < 4.78 is 32.9. The molecule has 0 aliphatic heterocycles. The fourth-order valence-corrected chi connectivity index (χ4v) is 2.47. The Hall–Kier alpha value is -2.05. The molecule has 1 N–H and O–H groups in total. The van der Waals surface area contributed by atoms with Gasteiger partial charge in [-0.2, -0.15) is 0 Å². The molecule has 1 heterocycles. The van der Waals surface area contributed by atoms with Crippen LogP contribution in [0, 0.1) is 11.6 Å². The molecule has 112 valence electrons. The molecule has 3 aromatic rings. The minimum absolute atomic E-state index is 0.216. The molecule has 3 rings (SSSR count). The van der Waals surface area contributed by atoms with Crippen molar-refractivity contribution in [3.63, 3.8) is 0 Å². The van der Waals surface area contributed by atoms with E-state index >= 15 is 0 Å². The minimum Gasteiger partial charge on any atom is -0.391 e. The fraction of sp³-hybridized carbons (Fsp3) is 0.0625. The minimum atomic E-state index is -0.716. The topological polar surface area (TPSA) is 46.3 Å². The van der Waals surface area contributed by atoms with Crippen LogP contribution >= 0.6 is 15.9 Å². The molecule has 0 bridgehead atoms. The van der Waals surface area contributed by atoms with Gasteiger partial charge in [0, 0.05) is 21.7 Å². The Balaban J connectivity index is 2.12. The summed E-state index contributed by atoms with van der Waals surface area (Å²) in [5, 5.41) is 13.5. The summed E-state index contributed by atoms with van der Waals surface area (Å²) in [5.74, 6) is -1.06. The molecule has 0 unspecified atom stereocenters. The molecule has 0 atom stereocenters. The van der Waals surface area contributed by atoms with Crippen molar-refractivity contribution in [1.29, 1.82) is 0 Å². The molecule has 0 radical (unpaired) electrons. The van der Waals surface area contributed by atoms with Gasteiger partial charge in [-0.05, 0) is 24.3 Å². The normalized spacial score (nSPS) is 10.9. The Labute approximate surface area is 133 Å². The maximum Gasteiger partial charge on any atom is 0.173 e. The Morgan fingerprint density at radius 1 is 1.00 bits per heavy atom. The Bertz CT molecular complexity index is 795. The van der Waals surface area contributed by atoms with Crippen LogP contribution in [0.25, 0.3) is 22.6 Å². The van der Waals surface area contributed by atoms with E-state index in [1.165, 1.54) is 0 Å². The van der Waals surface area contributed by atoms with Crippen molar-refractivity contribution in [2.45, 2.75) is 6.61 Å². The first kappa shape index (κ1) is 14.9. The maximum atomic E-state index is 13.4. The van der Waals surface area contributed by atoms with Crippen molar-refractivity contribution in [2.75, 3.05) is 0 Å². The lowest BCUT2D eigenvalue weighted by atomic mass is 10.0. The van der Waals surface area contributed by atoms with Crippen LogP contribution in [-0.4, -0.2) is 10.3 Å². The number of hydrogen-bond acceptors (Lipinski definition) is 3. The van der Waals surface area contributed by atoms with Crippen molar-refractivity contribution in [2.24, 2.45) is 0 Å². The van der Waals surface area contributed by atoms with Gasteiger partial charge in [-0.25, -0.2) is 8.78 Å².